The number of halogens is 3. The molecule has 0 N–H and O–H groups in total. The maximum absolute atomic E-state index is 13.1. The normalized spacial score (nSPS) is 17.9. The summed E-state index contributed by atoms with van der Waals surface area (Å²) in [6.45, 7) is 3.10. The predicted molar refractivity (Wildman–Crippen MR) is 94.3 cm³/mol. The second-order valence-corrected chi connectivity index (χ2v) is 6.99. The van der Waals surface area contributed by atoms with E-state index in [1.165, 1.54) is 12.1 Å². The molecule has 1 aliphatic rings. The lowest BCUT2D eigenvalue weighted by molar-refractivity contribution is -0.138. The second-order valence-electron chi connectivity index (χ2n) is 6.99. The number of hydrogen-bond donors (Lipinski definition) is 0. The first-order valence-electron chi connectivity index (χ1n) is 9.28. The molecule has 3 rings (SSSR count). The molecule has 1 aromatic carbocycles. The van der Waals surface area contributed by atoms with Crippen molar-refractivity contribution in [2.24, 2.45) is 5.92 Å². The van der Waals surface area contributed by atoms with Gasteiger partial charge in [-0.15, -0.1) is 0 Å². The summed E-state index contributed by atoms with van der Waals surface area (Å²) in [5.41, 5.74) is 0.481. The lowest BCUT2D eigenvalue weighted by Gasteiger charge is -2.32. The number of rotatable bonds is 5. The molecule has 1 unspecified atom stereocenters. The van der Waals surface area contributed by atoms with Crippen molar-refractivity contribution in [3.05, 3.63) is 52.9 Å². The second kappa shape index (κ2) is 8.15. The van der Waals surface area contributed by atoms with Crippen LogP contribution in [0, 0.1) is 5.92 Å². The Morgan fingerprint density at radius 1 is 1.33 bits per heavy atom. The Labute approximate surface area is 156 Å². The predicted octanol–water partition coefficient (Wildman–Crippen LogP) is 4.74. The van der Waals surface area contributed by atoms with Gasteiger partial charge in [-0.25, -0.2) is 0 Å². The minimum absolute atomic E-state index is 0.178. The van der Waals surface area contributed by atoms with Gasteiger partial charge < -0.3 is 9.42 Å². The molecule has 0 aliphatic carbocycles. The van der Waals surface area contributed by atoms with Crippen molar-refractivity contribution >= 4 is 5.91 Å². The fourth-order valence-corrected chi connectivity index (χ4v) is 3.59. The zero-order valence-electron chi connectivity index (χ0n) is 15.3. The summed E-state index contributed by atoms with van der Waals surface area (Å²) in [7, 11) is 0. The summed E-state index contributed by atoms with van der Waals surface area (Å²) in [5, 5.41) is 3.85. The van der Waals surface area contributed by atoms with Gasteiger partial charge in [0.15, 0.2) is 0 Å². The number of alkyl halides is 3. The van der Waals surface area contributed by atoms with E-state index in [-0.39, 0.29) is 17.6 Å². The number of nitrogens with zero attached hydrogens (tertiary/aromatic N) is 2. The maximum Gasteiger partial charge on any atom is 0.416 e. The van der Waals surface area contributed by atoms with Crippen molar-refractivity contribution < 1.29 is 22.5 Å². The Morgan fingerprint density at radius 2 is 2.11 bits per heavy atom. The van der Waals surface area contributed by atoms with Crippen molar-refractivity contribution in [2.75, 3.05) is 13.1 Å². The molecule has 4 nitrogen and oxygen atoms in total. The SMILES string of the molecule is CCc1cc(C(=O)N2CCCC(CCc3ccccc3C(F)(F)F)C2)on1. The van der Waals surface area contributed by atoms with Crippen LogP contribution < -0.4 is 0 Å². The largest absolute Gasteiger partial charge is 0.416 e. The summed E-state index contributed by atoms with van der Waals surface area (Å²) >= 11 is 0. The smallest absolute Gasteiger partial charge is 0.351 e. The highest BCUT2D eigenvalue weighted by atomic mass is 19.4. The van der Waals surface area contributed by atoms with Gasteiger partial charge in [0.1, 0.15) is 0 Å². The summed E-state index contributed by atoms with van der Waals surface area (Å²) in [4.78, 5) is 14.3. The Kier molecular flexibility index (Phi) is 5.87. The molecule has 0 spiro atoms. The van der Waals surface area contributed by atoms with Crippen LogP contribution in [-0.4, -0.2) is 29.1 Å². The van der Waals surface area contributed by atoms with Gasteiger partial charge in [-0.3, -0.25) is 4.79 Å². The molecule has 0 saturated carbocycles. The zero-order valence-corrected chi connectivity index (χ0v) is 15.3. The van der Waals surface area contributed by atoms with Crippen LogP contribution in [0.5, 0.6) is 0 Å². The third-order valence-electron chi connectivity index (χ3n) is 5.08. The first-order chi connectivity index (χ1) is 12.9. The quantitative estimate of drug-likeness (QED) is 0.753. The molecule has 1 aliphatic heterocycles. The molecule has 1 aromatic heterocycles. The molecule has 2 aromatic rings. The number of amides is 1. The lowest BCUT2D eigenvalue weighted by atomic mass is 9.90. The van der Waals surface area contributed by atoms with Gasteiger partial charge in [-0.1, -0.05) is 30.3 Å². The minimum atomic E-state index is -4.34. The van der Waals surface area contributed by atoms with Crippen molar-refractivity contribution in [1.82, 2.24) is 10.1 Å². The van der Waals surface area contributed by atoms with E-state index in [4.69, 9.17) is 4.52 Å². The first-order valence-corrected chi connectivity index (χ1v) is 9.28. The molecular formula is C20H23F3N2O2. The number of aromatic nitrogens is 1. The van der Waals surface area contributed by atoms with E-state index in [1.54, 1.807) is 17.0 Å². The molecular weight excluding hydrogens is 357 g/mol. The average Bonchev–Trinajstić information content (AvgIpc) is 3.15. The van der Waals surface area contributed by atoms with Crippen LogP contribution in [0.25, 0.3) is 0 Å². The van der Waals surface area contributed by atoms with Crippen molar-refractivity contribution in [2.45, 2.75) is 45.2 Å². The van der Waals surface area contributed by atoms with Crippen molar-refractivity contribution in [3.63, 3.8) is 0 Å². The Morgan fingerprint density at radius 3 is 2.81 bits per heavy atom. The molecule has 1 fully saturated rings. The van der Waals surface area contributed by atoms with Crippen LogP contribution in [0.4, 0.5) is 13.2 Å². The van der Waals surface area contributed by atoms with Crippen molar-refractivity contribution in [3.8, 4) is 0 Å². The highest BCUT2D eigenvalue weighted by Gasteiger charge is 2.33. The average molecular weight is 380 g/mol. The Balaban J connectivity index is 1.61. The highest BCUT2D eigenvalue weighted by molar-refractivity contribution is 5.91. The molecule has 0 bridgehead atoms. The molecule has 1 amide bonds. The van der Waals surface area contributed by atoms with Crippen LogP contribution in [0.15, 0.2) is 34.9 Å². The summed E-state index contributed by atoms with van der Waals surface area (Å²) < 4.78 is 44.5. The summed E-state index contributed by atoms with van der Waals surface area (Å²) in [6, 6.07) is 7.37. The molecule has 7 heteroatoms. The third kappa shape index (κ3) is 4.70. The number of benzene rings is 1. The van der Waals surface area contributed by atoms with Gasteiger partial charge in [0.05, 0.1) is 11.3 Å². The van der Waals surface area contributed by atoms with E-state index < -0.39 is 11.7 Å². The molecule has 2 heterocycles. The van der Waals surface area contributed by atoms with Gasteiger partial charge in [0, 0.05) is 19.2 Å². The van der Waals surface area contributed by atoms with Crippen LogP contribution >= 0.6 is 0 Å². The van der Waals surface area contributed by atoms with E-state index >= 15 is 0 Å². The molecule has 0 radical (unpaired) electrons. The van der Waals surface area contributed by atoms with Gasteiger partial charge in [0.2, 0.25) is 5.76 Å². The van der Waals surface area contributed by atoms with E-state index in [0.29, 0.717) is 37.9 Å². The fourth-order valence-electron chi connectivity index (χ4n) is 3.59. The van der Waals surface area contributed by atoms with Crippen molar-refractivity contribution in [1.29, 1.82) is 0 Å². The molecule has 146 valence electrons. The number of likely N-dealkylation sites (tertiary alicyclic amines) is 1. The monoisotopic (exact) mass is 380 g/mol. The first kappa shape index (κ1) is 19.5. The molecule has 1 atom stereocenters. The van der Waals surface area contributed by atoms with E-state index in [2.05, 4.69) is 5.16 Å². The topological polar surface area (TPSA) is 46.3 Å². The summed E-state index contributed by atoms with van der Waals surface area (Å²) in [5.74, 6) is 0.218. The van der Waals surface area contributed by atoms with E-state index in [1.807, 2.05) is 6.92 Å². The van der Waals surface area contributed by atoms with Gasteiger partial charge >= 0.3 is 6.18 Å². The molecule has 27 heavy (non-hydrogen) atoms. The van der Waals surface area contributed by atoms with Gasteiger partial charge in [-0.2, -0.15) is 13.2 Å². The minimum Gasteiger partial charge on any atom is -0.351 e. The number of hydrogen-bond acceptors (Lipinski definition) is 3. The maximum atomic E-state index is 13.1. The Hall–Kier alpha value is -2.31. The Bertz CT molecular complexity index is 786. The number of aryl methyl sites for hydroxylation is 2. The van der Waals surface area contributed by atoms with Crippen LogP contribution in [0.3, 0.4) is 0 Å². The summed E-state index contributed by atoms with van der Waals surface area (Å²) in [6.07, 6.45) is -0.925. The number of carbonyl (C=O) groups excluding carboxylic acids is 1. The molecule has 1 saturated heterocycles. The highest BCUT2D eigenvalue weighted by Crippen LogP contribution is 2.33. The fraction of sp³-hybridized carbons (Fsp3) is 0.500. The zero-order chi connectivity index (χ0) is 19.4. The van der Waals surface area contributed by atoms with Gasteiger partial charge in [-0.05, 0) is 49.7 Å². The standard InChI is InChI=1S/C20H23F3N2O2/c1-2-16-12-18(27-24-16)19(26)25-11-5-6-14(13-25)9-10-15-7-3-4-8-17(15)20(21,22)23/h3-4,7-8,12,14H,2,5-6,9-11,13H2,1H3. The van der Waals surface area contributed by atoms with E-state index in [0.717, 1.165) is 24.6 Å². The van der Waals surface area contributed by atoms with Crippen LogP contribution in [0.1, 0.15) is 53.6 Å². The third-order valence-corrected chi connectivity index (χ3v) is 5.08. The lowest BCUT2D eigenvalue weighted by Crippen LogP contribution is -2.40. The van der Waals surface area contributed by atoms with E-state index in [9.17, 15) is 18.0 Å². The number of piperidine rings is 1. The van der Waals surface area contributed by atoms with Crippen LogP contribution in [-0.2, 0) is 19.0 Å². The van der Waals surface area contributed by atoms with Gasteiger partial charge in [0.25, 0.3) is 5.91 Å². The number of carbonyl (C=O) groups is 1. The van der Waals surface area contributed by atoms with Crippen LogP contribution in [0.2, 0.25) is 0 Å².